The fourth-order valence-electron chi connectivity index (χ4n) is 3.49. The summed E-state index contributed by atoms with van der Waals surface area (Å²) in [4.78, 5) is 0.323. The maximum Gasteiger partial charge on any atom is 0.243 e. The van der Waals surface area contributed by atoms with Gasteiger partial charge in [0.15, 0.2) is 5.05 Å². The summed E-state index contributed by atoms with van der Waals surface area (Å²) in [6.07, 6.45) is 4.16. The van der Waals surface area contributed by atoms with Crippen molar-refractivity contribution in [1.29, 1.82) is 0 Å². The third-order valence-corrected chi connectivity index (χ3v) is 7.42. The Morgan fingerprint density at radius 1 is 1.11 bits per heavy atom. The molecule has 1 atom stereocenters. The Hall–Kier alpha value is -1.76. The zero-order valence-corrected chi connectivity index (χ0v) is 17.8. The van der Waals surface area contributed by atoms with E-state index in [1.165, 1.54) is 9.87 Å². The lowest BCUT2D eigenvalue weighted by atomic mass is 10.1. The minimum Gasteiger partial charge on any atom is -0.485 e. The van der Waals surface area contributed by atoms with Gasteiger partial charge in [0.05, 0.1) is 17.5 Å². The molecule has 1 heterocycles. The number of rotatable bonds is 8. The van der Waals surface area contributed by atoms with Gasteiger partial charge in [-0.05, 0) is 67.6 Å². The second-order valence-electron chi connectivity index (χ2n) is 7.03. The van der Waals surface area contributed by atoms with Crippen LogP contribution in [0.5, 0.6) is 0 Å². The van der Waals surface area contributed by atoms with E-state index in [1.807, 2.05) is 37.3 Å². The first-order chi connectivity index (χ1) is 13.5. The summed E-state index contributed by atoms with van der Waals surface area (Å²) in [5.74, 6) is 0. The van der Waals surface area contributed by atoms with Gasteiger partial charge in [-0.15, -0.1) is 0 Å². The van der Waals surface area contributed by atoms with Gasteiger partial charge in [-0.1, -0.05) is 49.4 Å². The fourth-order valence-corrected chi connectivity index (χ4v) is 5.54. The summed E-state index contributed by atoms with van der Waals surface area (Å²) in [5, 5.41) is 0.388. The zero-order chi connectivity index (χ0) is 20.0. The predicted octanol–water partition coefficient (Wildman–Crippen LogP) is 4.38. The van der Waals surface area contributed by atoms with Gasteiger partial charge in [0.1, 0.15) is 0 Å². The minimum absolute atomic E-state index is 0.323. The molecule has 0 radical (unpaired) electrons. The van der Waals surface area contributed by atoms with Gasteiger partial charge < -0.3 is 4.74 Å². The molecule has 0 aliphatic carbocycles. The van der Waals surface area contributed by atoms with Crippen molar-refractivity contribution in [3.8, 4) is 0 Å². The lowest BCUT2D eigenvalue weighted by Crippen LogP contribution is -2.40. The van der Waals surface area contributed by atoms with Gasteiger partial charge >= 0.3 is 0 Å². The first-order valence-electron chi connectivity index (χ1n) is 9.83. The number of ether oxygens (including phenoxy) is 1. The fraction of sp³-hybridized carbons (Fsp3) is 0.409. The highest BCUT2D eigenvalue weighted by Gasteiger charge is 2.38. The summed E-state index contributed by atoms with van der Waals surface area (Å²) in [5.41, 5.74) is 2.38. The summed E-state index contributed by atoms with van der Waals surface area (Å²) in [7, 11) is -3.57. The first-order valence-corrected chi connectivity index (χ1v) is 11.7. The predicted molar refractivity (Wildman–Crippen MR) is 116 cm³/mol. The van der Waals surface area contributed by atoms with E-state index in [2.05, 4.69) is 12.1 Å². The maximum atomic E-state index is 13.1. The highest BCUT2D eigenvalue weighted by atomic mass is 32.2. The third kappa shape index (κ3) is 4.99. The van der Waals surface area contributed by atoms with Crippen LogP contribution in [0.4, 0.5) is 0 Å². The van der Waals surface area contributed by atoms with E-state index in [1.54, 1.807) is 12.1 Å². The van der Waals surface area contributed by atoms with Gasteiger partial charge in [-0.3, -0.25) is 0 Å². The molecule has 6 heteroatoms. The maximum absolute atomic E-state index is 13.1. The van der Waals surface area contributed by atoms with Crippen LogP contribution in [-0.2, 0) is 27.6 Å². The van der Waals surface area contributed by atoms with E-state index < -0.39 is 10.0 Å². The highest BCUT2D eigenvalue weighted by Crippen LogP contribution is 2.27. The summed E-state index contributed by atoms with van der Waals surface area (Å²) in [6, 6.07) is 17.0. The smallest absolute Gasteiger partial charge is 0.243 e. The Morgan fingerprint density at radius 2 is 1.82 bits per heavy atom. The van der Waals surface area contributed by atoms with Crippen molar-refractivity contribution in [3.63, 3.8) is 0 Å². The average Bonchev–Trinajstić information content (AvgIpc) is 3.23. The molecule has 28 heavy (non-hydrogen) atoms. The van der Waals surface area contributed by atoms with Crippen LogP contribution in [0.25, 0.3) is 0 Å². The molecule has 150 valence electrons. The molecule has 0 aromatic heterocycles. The number of hydrogen-bond acceptors (Lipinski definition) is 4. The SMILES string of the molecule is CCc1ccc(S(=O)(=O)N2CCC[C@H]2C(=S)OCCCc2ccccc2)cc1. The van der Waals surface area contributed by atoms with E-state index in [4.69, 9.17) is 17.0 Å². The van der Waals surface area contributed by atoms with Crippen LogP contribution in [-0.4, -0.2) is 37.0 Å². The van der Waals surface area contributed by atoms with E-state index in [9.17, 15) is 8.42 Å². The van der Waals surface area contributed by atoms with Crippen LogP contribution in [0.2, 0.25) is 0 Å². The van der Waals surface area contributed by atoms with Gasteiger partial charge in [-0.25, -0.2) is 8.42 Å². The summed E-state index contributed by atoms with van der Waals surface area (Å²) < 4.78 is 33.4. The molecule has 0 N–H and O–H groups in total. The number of thiocarbonyl (C=S) groups is 1. The molecule has 2 aromatic rings. The Morgan fingerprint density at radius 3 is 2.50 bits per heavy atom. The lowest BCUT2D eigenvalue weighted by molar-refractivity contribution is 0.277. The van der Waals surface area contributed by atoms with Gasteiger partial charge in [0.25, 0.3) is 0 Å². The molecule has 1 saturated heterocycles. The standard InChI is InChI=1S/C22H27NO3S2/c1-2-18-12-14-20(15-13-18)28(24,25)23-16-6-11-21(23)22(27)26-17-7-10-19-8-4-3-5-9-19/h3-5,8-9,12-15,21H,2,6-7,10-11,16-17H2,1H3/t21-/m0/s1. The molecule has 2 aromatic carbocycles. The molecule has 0 bridgehead atoms. The van der Waals surface area contributed by atoms with E-state index in [-0.39, 0.29) is 6.04 Å². The first kappa shape index (κ1) is 21.0. The number of benzene rings is 2. The number of sulfonamides is 1. The zero-order valence-electron chi connectivity index (χ0n) is 16.2. The van der Waals surface area contributed by atoms with Crippen LogP contribution in [0, 0.1) is 0 Å². The molecular formula is C22H27NO3S2. The van der Waals surface area contributed by atoms with Crippen molar-refractivity contribution in [3.05, 3.63) is 65.7 Å². The molecule has 0 saturated carbocycles. The lowest BCUT2D eigenvalue weighted by Gasteiger charge is -2.24. The largest absolute Gasteiger partial charge is 0.485 e. The topological polar surface area (TPSA) is 46.6 Å². The van der Waals surface area contributed by atoms with Crippen molar-refractivity contribution in [2.75, 3.05) is 13.2 Å². The molecule has 0 unspecified atom stereocenters. The average molecular weight is 418 g/mol. The van der Waals surface area contributed by atoms with E-state index in [0.29, 0.717) is 29.5 Å². The second kappa shape index (κ2) is 9.63. The Balaban J connectivity index is 1.58. The molecule has 1 aliphatic rings. The Kier molecular flexibility index (Phi) is 7.21. The van der Waals surface area contributed by atoms with Crippen LogP contribution in [0.3, 0.4) is 0 Å². The monoisotopic (exact) mass is 417 g/mol. The molecule has 1 aliphatic heterocycles. The van der Waals surface area contributed by atoms with Crippen LogP contribution in [0.1, 0.15) is 37.3 Å². The quantitative estimate of drug-likeness (QED) is 0.472. The Labute approximate surface area is 173 Å². The molecule has 4 nitrogen and oxygen atoms in total. The van der Waals surface area contributed by atoms with Crippen molar-refractivity contribution in [1.82, 2.24) is 4.31 Å². The van der Waals surface area contributed by atoms with Crippen molar-refractivity contribution in [2.45, 2.75) is 50.0 Å². The van der Waals surface area contributed by atoms with Gasteiger partial charge in [0.2, 0.25) is 10.0 Å². The van der Waals surface area contributed by atoms with Gasteiger partial charge in [0, 0.05) is 6.54 Å². The van der Waals surface area contributed by atoms with Crippen molar-refractivity contribution < 1.29 is 13.2 Å². The molecule has 0 spiro atoms. The minimum atomic E-state index is -3.57. The van der Waals surface area contributed by atoms with Crippen LogP contribution < -0.4 is 0 Å². The Bertz CT molecular complexity index is 880. The van der Waals surface area contributed by atoms with Crippen LogP contribution in [0.15, 0.2) is 59.5 Å². The summed E-state index contributed by atoms with van der Waals surface area (Å²) in [6.45, 7) is 3.03. The molecule has 3 rings (SSSR count). The van der Waals surface area contributed by atoms with Gasteiger partial charge in [-0.2, -0.15) is 4.31 Å². The summed E-state index contributed by atoms with van der Waals surface area (Å²) >= 11 is 5.45. The van der Waals surface area contributed by atoms with Crippen molar-refractivity contribution in [2.24, 2.45) is 0 Å². The molecular weight excluding hydrogens is 390 g/mol. The normalized spacial score (nSPS) is 17.5. The number of aryl methyl sites for hydroxylation is 2. The molecule has 1 fully saturated rings. The van der Waals surface area contributed by atoms with E-state index >= 15 is 0 Å². The third-order valence-electron chi connectivity index (χ3n) is 5.11. The number of hydrogen-bond donors (Lipinski definition) is 0. The molecule has 0 amide bonds. The van der Waals surface area contributed by atoms with Crippen molar-refractivity contribution >= 4 is 27.3 Å². The van der Waals surface area contributed by atoms with E-state index in [0.717, 1.165) is 31.2 Å². The second-order valence-corrected chi connectivity index (χ2v) is 9.32. The highest BCUT2D eigenvalue weighted by molar-refractivity contribution is 7.89. The number of nitrogens with zero attached hydrogens (tertiary/aromatic N) is 1. The van der Waals surface area contributed by atoms with Crippen LogP contribution >= 0.6 is 12.2 Å².